The van der Waals surface area contributed by atoms with Gasteiger partial charge in [-0.05, 0) is 76.0 Å². The monoisotopic (exact) mass is 488 g/mol. The van der Waals surface area contributed by atoms with Gasteiger partial charge in [-0.2, -0.15) is 5.10 Å². The maximum absolute atomic E-state index is 13.5. The zero-order chi connectivity index (χ0) is 25.0. The largest absolute Gasteiger partial charge is 0.477 e. The molecule has 1 saturated heterocycles. The highest BCUT2D eigenvalue weighted by Gasteiger charge is 2.55. The fourth-order valence-corrected chi connectivity index (χ4v) is 6.99. The van der Waals surface area contributed by atoms with E-state index in [1.807, 2.05) is 13.8 Å². The van der Waals surface area contributed by atoms with Crippen LogP contribution in [0.3, 0.4) is 0 Å². The number of carbonyl (C=O) groups is 2. The molecule has 2 unspecified atom stereocenters. The van der Waals surface area contributed by atoms with Crippen LogP contribution in [0, 0.1) is 23.7 Å². The number of hydrogen-bond donors (Lipinski definition) is 2. The Morgan fingerprint density at radius 3 is 2.63 bits per heavy atom. The van der Waals surface area contributed by atoms with Crippen LogP contribution in [-0.4, -0.2) is 68.7 Å². The van der Waals surface area contributed by atoms with Crippen LogP contribution in [0.4, 0.5) is 4.79 Å². The van der Waals surface area contributed by atoms with Gasteiger partial charge in [0.05, 0.1) is 24.9 Å². The van der Waals surface area contributed by atoms with E-state index < -0.39 is 11.1 Å². The average molecular weight is 489 g/mol. The average Bonchev–Trinajstić information content (AvgIpc) is 3.38. The van der Waals surface area contributed by atoms with E-state index in [4.69, 9.17) is 9.47 Å². The predicted octanol–water partition coefficient (Wildman–Crippen LogP) is 3.21. The number of nitrogens with zero attached hydrogens (tertiary/aromatic N) is 3. The Morgan fingerprint density at radius 2 is 2.03 bits per heavy atom. The summed E-state index contributed by atoms with van der Waals surface area (Å²) in [4.78, 5) is 27.3. The molecule has 9 nitrogen and oxygen atoms in total. The number of aromatic nitrogens is 2. The fraction of sp³-hybridized carbons (Fsp3) is 0.808. The lowest BCUT2D eigenvalue weighted by Gasteiger charge is -2.58. The first-order valence-electron chi connectivity index (χ1n) is 13.2. The molecule has 6 rings (SSSR count). The smallest absolute Gasteiger partial charge is 0.410 e. The molecule has 0 spiro atoms. The van der Waals surface area contributed by atoms with Gasteiger partial charge in [-0.1, -0.05) is 13.8 Å². The van der Waals surface area contributed by atoms with Crippen LogP contribution in [0.1, 0.15) is 76.6 Å². The minimum Gasteiger partial charge on any atom is -0.477 e. The number of amides is 2. The molecule has 4 saturated carbocycles. The van der Waals surface area contributed by atoms with Crippen molar-refractivity contribution in [1.82, 2.24) is 20.0 Å². The normalized spacial score (nSPS) is 31.8. The van der Waals surface area contributed by atoms with E-state index in [0.717, 1.165) is 32.1 Å². The third-order valence-corrected chi connectivity index (χ3v) is 8.55. The maximum Gasteiger partial charge on any atom is 0.410 e. The summed E-state index contributed by atoms with van der Waals surface area (Å²) in [5, 5.41) is 18.7. The molecule has 4 aliphatic carbocycles. The van der Waals surface area contributed by atoms with Crippen molar-refractivity contribution in [2.45, 2.75) is 89.9 Å². The van der Waals surface area contributed by atoms with Crippen molar-refractivity contribution >= 4 is 12.0 Å². The number of cyclic esters (lactones) is 1. The van der Waals surface area contributed by atoms with Crippen molar-refractivity contribution in [1.29, 1.82) is 0 Å². The molecule has 2 atom stereocenters. The first kappa shape index (κ1) is 24.4. The Hall–Kier alpha value is -2.29. The van der Waals surface area contributed by atoms with E-state index in [2.05, 4.69) is 24.3 Å². The number of rotatable bonds is 9. The highest BCUT2D eigenvalue weighted by molar-refractivity contribution is 5.96. The van der Waals surface area contributed by atoms with Crippen molar-refractivity contribution in [3.05, 3.63) is 11.8 Å². The minimum absolute atomic E-state index is 0.0979. The number of aryl methyl sites for hydroxylation is 1. The minimum atomic E-state index is -0.525. The molecule has 1 aromatic rings. The van der Waals surface area contributed by atoms with Crippen molar-refractivity contribution < 1.29 is 24.2 Å². The van der Waals surface area contributed by atoms with Crippen LogP contribution in [-0.2, 0) is 11.3 Å². The molecular weight excluding hydrogens is 448 g/mol. The van der Waals surface area contributed by atoms with E-state index >= 15 is 0 Å². The topological polar surface area (TPSA) is 106 Å². The van der Waals surface area contributed by atoms with Gasteiger partial charge in [0.15, 0.2) is 0 Å². The van der Waals surface area contributed by atoms with Gasteiger partial charge in [0.25, 0.3) is 5.91 Å². The van der Waals surface area contributed by atoms with E-state index in [1.54, 1.807) is 15.8 Å². The van der Waals surface area contributed by atoms with Crippen LogP contribution >= 0.6 is 0 Å². The molecule has 5 aliphatic rings. The van der Waals surface area contributed by atoms with Gasteiger partial charge < -0.3 is 19.9 Å². The zero-order valence-corrected chi connectivity index (χ0v) is 21.5. The molecule has 35 heavy (non-hydrogen) atoms. The second-order valence-electron chi connectivity index (χ2n) is 12.3. The Balaban J connectivity index is 1.30. The second-order valence-corrected chi connectivity index (χ2v) is 12.3. The number of hydrogen-bond acceptors (Lipinski definition) is 6. The molecule has 1 aromatic heterocycles. The van der Waals surface area contributed by atoms with Crippen LogP contribution < -0.4 is 10.1 Å². The van der Waals surface area contributed by atoms with E-state index in [0.29, 0.717) is 67.8 Å². The predicted molar refractivity (Wildman–Crippen MR) is 129 cm³/mol. The molecule has 2 heterocycles. The molecule has 9 heteroatoms. The second kappa shape index (κ2) is 8.98. The summed E-state index contributed by atoms with van der Waals surface area (Å²) in [6, 6.07) is 0.0979. The highest BCUT2D eigenvalue weighted by atomic mass is 16.6. The Labute approximate surface area is 207 Å². The van der Waals surface area contributed by atoms with Crippen LogP contribution in [0.5, 0.6) is 5.88 Å². The summed E-state index contributed by atoms with van der Waals surface area (Å²) in [5.74, 6) is 1.91. The molecule has 5 fully saturated rings. The maximum atomic E-state index is 13.5. The van der Waals surface area contributed by atoms with Crippen LogP contribution in [0.2, 0.25) is 0 Å². The summed E-state index contributed by atoms with van der Waals surface area (Å²) >= 11 is 0. The van der Waals surface area contributed by atoms with Gasteiger partial charge >= 0.3 is 6.09 Å². The lowest BCUT2D eigenvalue weighted by molar-refractivity contribution is -0.136. The molecule has 0 aromatic carbocycles. The molecule has 1 aliphatic heterocycles. The van der Waals surface area contributed by atoms with Gasteiger partial charge in [0, 0.05) is 18.1 Å². The van der Waals surface area contributed by atoms with Crippen LogP contribution in [0.25, 0.3) is 0 Å². The van der Waals surface area contributed by atoms with E-state index in [9.17, 15) is 14.7 Å². The Morgan fingerprint density at radius 1 is 1.31 bits per heavy atom. The third kappa shape index (κ3) is 4.76. The molecule has 2 N–H and O–H groups in total. The SMILES string of the molecule is CC(C)COc1c(C(=O)NC2C3CC4CC2CC(O)(C4)C3)cnn1CCC(C)(C)N1CCOC1=O. The summed E-state index contributed by atoms with van der Waals surface area (Å²) < 4.78 is 13.0. The first-order valence-corrected chi connectivity index (χ1v) is 13.2. The number of carbonyl (C=O) groups excluding carboxylic acids is 2. The van der Waals surface area contributed by atoms with Gasteiger partial charge in [0.2, 0.25) is 5.88 Å². The van der Waals surface area contributed by atoms with Gasteiger partial charge in [0.1, 0.15) is 12.2 Å². The van der Waals surface area contributed by atoms with E-state index in [-0.39, 0.29) is 18.0 Å². The standard InChI is InChI=1S/C26H40N4O5/c1-16(2)15-35-23-20(14-27-30(23)6-5-25(3,4)29-7-8-34-24(29)32)22(31)28-21-18-9-17-10-19(21)13-26(33,11-17)12-18/h14,16-19,21,33H,5-13,15H2,1-4H3,(H,28,31). The number of aliphatic hydroxyl groups is 1. The summed E-state index contributed by atoms with van der Waals surface area (Å²) in [6.07, 6.45) is 6.64. The summed E-state index contributed by atoms with van der Waals surface area (Å²) in [6.45, 7) is 10.2. The van der Waals surface area contributed by atoms with Gasteiger partial charge in [-0.15, -0.1) is 0 Å². The summed E-state index contributed by atoms with van der Waals surface area (Å²) in [5.41, 5.74) is -0.475. The lowest BCUT2D eigenvalue weighted by atomic mass is 9.52. The molecule has 194 valence electrons. The van der Waals surface area contributed by atoms with Crippen LogP contribution in [0.15, 0.2) is 6.20 Å². The quantitative estimate of drug-likeness (QED) is 0.553. The third-order valence-electron chi connectivity index (χ3n) is 8.55. The van der Waals surface area contributed by atoms with Gasteiger partial charge in [-0.25, -0.2) is 9.48 Å². The van der Waals surface area contributed by atoms with Crippen molar-refractivity contribution in [2.24, 2.45) is 23.7 Å². The molecule has 0 radical (unpaired) electrons. The molecule has 2 amide bonds. The fourth-order valence-electron chi connectivity index (χ4n) is 6.99. The number of nitrogens with one attached hydrogen (secondary N) is 1. The van der Waals surface area contributed by atoms with E-state index in [1.165, 1.54) is 0 Å². The lowest BCUT2D eigenvalue weighted by Crippen LogP contribution is -2.61. The molecular formula is C26H40N4O5. The summed E-state index contributed by atoms with van der Waals surface area (Å²) in [7, 11) is 0. The zero-order valence-electron chi connectivity index (χ0n) is 21.5. The van der Waals surface area contributed by atoms with Crippen molar-refractivity contribution in [2.75, 3.05) is 19.8 Å². The highest BCUT2D eigenvalue weighted by Crippen LogP contribution is 2.55. The van der Waals surface area contributed by atoms with Crippen molar-refractivity contribution in [3.63, 3.8) is 0 Å². The molecule has 4 bridgehead atoms. The van der Waals surface area contributed by atoms with Gasteiger partial charge in [-0.3, -0.25) is 9.69 Å². The van der Waals surface area contributed by atoms with Crippen molar-refractivity contribution in [3.8, 4) is 5.88 Å². The number of ether oxygens (including phenoxy) is 2. The Kier molecular flexibility index (Phi) is 6.26. The first-order chi connectivity index (χ1) is 16.5. The Bertz CT molecular complexity index is 957.